The van der Waals surface area contributed by atoms with Crippen molar-refractivity contribution in [3.05, 3.63) is 23.8 Å². The number of fused-ring (bicyclic) bond motifs is 5. The molecule has 202 valence electrons. The molecule has 4 aliphatic carbocycles. The molecule has 0 aromatic carbocycles. The maximum Gasteiger partial charge on any atom is 0.306 e. The van der Waals surface area contributed by atoms with E-state index >= 15 is 4.39 Å². The number of unbranched alkanes of at least 4 members (excludes halogenated alkanes) is 1. The fourth-order valence-electron chi connectivity index (χ4n) is 7.79. The molecule has 0 bridgehead atoms. The van der Waals surface area contributed by atoms with E-state index in [0.29, 0.717) is 31.3 Å². The molecule has 0 saturated heterocycles. The number of Topliss-reactive ketones (excluding diaryl/α,β-unsaturated/α-hetero) is 1. The number of hydrogen-bond acceptors (Lipinski definition) is 7. The van der Waals surface area contributed by atoms with Gasteiger partial charge in [0.15, 0.2) is 18.1 Å². The van der Waals surface area contributed by atoms with Crippen molar-refractivity contribution in [2.75, 3.05) is 13.7 Å². The largest absolute Gasteiger partial charge is 0.458 e. The predicted octanol–water partition coefficient (Wildman–Crippen LogP) is 3.25. The van der Waals surface area contributed by atoms with Gasteiger partial charge < -0.3 is 20.1 Å². The molecule has 0 spiro atoms. The van der Waals surface area contributed by atoms with Crippen LogP contribution in [-0.2, 0) is 19.1 Å². The average molecular weight is 509 g/mol. The van der Waals surface area contributed by atoms with E-state index in [2.05, 4.69) is 0 Å². The number of aliphatic hydroxyl groups is 3. The average Bonchev–Trinajstić information content (AvgIpc) is 3.05. The number of ether oxygens (including phenoxy) is 1. The third-order valence-electron chi connectivity index (χ3n) is 9.75. The van der Waals surface area contributed by atoms with Gasteiger partial charge in [-0.3, -0.25) is 14.4 Å². The zero-order valence-corrected chi connectivity index (χ0v) is 22.1. The number of alkyl halides is 1. The zero-order valence-electron chi connectivity index (χ0n) is 22.1. The quantitative estimate of drug-likeness (QED) is 0.471. The van der Waals surface area contributed by atoms with Crippen LogP contribution in [-0.4, -0.2) is 63.9 Å². The highest BCUT2D eigenvalue weighted by Gasteiger charge is 2.75. The van der Waals surface area contributed by atoms with Crippen molar-refractivity contribution in [1.82, 2.24) is 0 Å². The van der Waals surface area contributed by atoms with Gasteiger partial charge in [-0.05, 0) is 63.0 Å². The standard InChI is InChI=1S/C27H37FO6.CH4O/c1-5-6-7-23(32)34-15-22(31)27(33)16(2)12-20-19-9-8-17-13-18(29)10-11-24(17,3)26(19,28)21(30)14-25(20,27)4;1-2/h10-11,13,16,19-21,30,33H,5-9,12,14-15H2,1-4H3;2H,1H3/t16-,19-,20-,21-,24-,25-,26-,27-;/m0./s1. The highest BCUT2D eigenvalue weighted by molar-refractivity contribution is 6.01. The summed E-state index contributed by atoms with van der Waals surface area (Å²) >= 11 is 0. The second kappa shape index (κ2) is 10.1. The van der Waals surface area contributed by atoms with E-state index in [0.717, 1.165) is 13.5 Å². The summed E-state index contributed by atoms with van der Waals surface area (Å²) in [6.45, 7) is 6.72. The molecule has 0 unspecified atom stereocenters. The van der Waals surface area contributed by atoms with Crippen LogP contribution in [0.2, 0.25) is 0 Å². The van der Waals surface area contributed by atoms with Gasteiger partial charge in [-0.15, -0.1) is 0 Å². The van der Waals surface area contributed by atoms with E-state index in [1.807, 2.05) is 6.92 Å². The second-order valence-corrected chi connectivity index (χ2v) is 11.4. The van der Waals surface area contributed by atoms with E-state index in [1.54, 1.807) is 26.8 Å². The highest BCUT2D eigenvalue weighted by Crippen LogP contribution is 2.70. The Labute approximate surface area is 212 Å². The number of esters is 1. The summed E-state index contributed by atoms with van der Waals surface area (Å²) in [4.78, 5) is 37.2. The van der Waals surface area contributed by atoms with Crippen LogP contribution >= 0.6 is 0 Å². The number of carbonyl (C=O) groups excluding carboxylic acids is 3. The van der Waals surface area contributed by atoms with Crippen molar-refractivity contribution in [1.29, 1.82) is 0 Å². The summed E-state index contributed by atoms with van der Waals surface area (Å²) < 4.78 is 22.3. The first-order valence-electron chi connectivity index (χ1n) is 13.0. The lowest BCUT2D eigenvalue weighted by atomic mass is 9.44. The second-order valence-electron chi connectivity index (χ2n) is 11.4. The predicted molar refractivity (Wildman–Crippen MR) is 131 cm³/mol. The van der Waals surface area contributed by atoms with Crippen molar-refractivity contribution in [3.63, 3.8) is 0 Å². The van der Waals surface area contributed by atoms with Crippen LogP contribution in [0.25, 0.3) is 0 Å². The highest BCUT2D eigenvalue weighted by atomic mass is 19.1. The molecular weight excluding hydrogens is 467 g/mol. The maximum atomic E-state index is 17.1. The van der Waals surface area contributed by atoms with Gasteiger partial charge in [0.1, 0.15) is 5.60 Å². The van der Waals surface area contributed by atoms with Crippen LogP contribution in [0.1, 0.15) is 72.6 Å². The van der Waals surface area contributed by atoms with E-state index in [4.69, 9.17) is 9.84 Å². The summed E-state index contributed by atoms with van der Waals surface area (Å²) in [7, 11) is 1.00. The van der Waals surface area contributed by atoms with Gasteiger partial charge in [-0.1, -0.05) is 38.8 Å². The molecule has 3 saturated carbocycles. The molecule has 4 aliphatic rings. The van der Waals surface area contributed by atoms with Gasteiger partial charge in [0.25, 0.3) is 0 Å². The lowest BCUT2D eigenvalue weighted by Gasteiger charge is -2.62. The molecule has 0 amide bonds. The van der Waals surface area contributed by atoms with Crippen molar-refractivity contribution in [2.24, 2.45) is 28.6 Å². The normalized spacial score (nSPS) is 42.8. The maximum absolute atomic E-state index is 17.1. The molecule has 0 heterocycles. The Morgan fingerprint density at radius 1 is 1.22 bits per heavy atom. The van der Waals surface area contributed by atoms with Gasteiger partial charge >= 0.3 is 5.97 Å². The van der Waals surface area contributed by atoms with Crippen LogP contribution < -0.4 is 0 Å². The van der Waals surface area contributed by atoms with Crippen molar-refractivity contribution in [2.45, 2.75) is 90.0 Å². The fourth-order valence-corrected chi connectivity index (χ4v) is 7.79. The fraction of sp³-hybridized carbons (Fsp3) is 0.750. The minimum Gasteiger partial charge on any atom is -0.458 e. The molecule has 0 aromatic heterocycles. The lowest BCUT2D eigenvalue weighted by molar-refractivity contribution is -0.220. The van der Waals surface area contributed by atoms with Crippen molar-refractivity contribution < 1.29 is 38.8 Å². The lowest BCUT2D eigenvalue weighted by Crippen LogP contribution is -2.69. The number of rotatable bonds is 6. The van der Waals surface area contributed by atoms with Gasteiger partial charge in [-0.2, -0.15) is 0 Å². The monoisotopic (exact) mass is 508 g/mol. The van der Waals surface area contributed by atoms with Crippen LogP contribution in [0, 0.1) is 28.6 Å². The van der Waals surface area contributed by atoms with Crippen LogP contribution in [0.4, 0.5) is 4.39 Å². The molecule has 0 aromatic rings. The van der Waals surface area contributed by atoms with Crippen molar-refractivity contribution in [3.8, 4) is 0 Å². The number of halogens is 1. The molecule has 3 N–H and O–H groups in total. The first kappa shape index (κ1) is 28.7. The van der Waals surface area contributed by atoms with Gasteiger partial charge in [0.2, 0.25) is 5.78 Å². The van der Waals surface area contributed by atoms with E-state index in [-0.39, 0.29) is 24.5 Å². The minimum absolute atomic E-state index is 0.0916. The molecule has 3 fully saturated rings. The Morgan fingerprint density at radius 2 is 1.89 bits per heavy atom. The number of allylic oxidation sites excluding steroid dienone is 4. The van der Waals surface area contributed by atoms with E-state index in [1.165, 1.54) is 12.2 Å². The number of aliphatic hydroxyl groups excluding tert-OH is 2. The molecule has 7 nitrogen and oxygen atoms in total. The SMILES string of the molecule is CCCCC(=O)OCC(=O)[C@@]1(O)[C@@H](C)C[C@H]2[C@@H]3CCC4=CC(=O)C=C[C@]4(C)[C@@]3(F)[C@@H](O)C[C@@]21C.CO. The first-order valence-corrected chi connectivity index (χ1v) is 13.0. The first-order chi connectivity index (χ1) is 16.9. The Bertz CT molecular complexity index is 960. The summed E-state index contributed by atoms with van der Waals surface area (Å²) in [6, 6.07) is 0. The Hall–Kier alpha value is -1.90. The Balaban J connectivity index is 0.00000176. The smallest absolute Gasteiger partial charge is 0.306 e. The third-order valence-corrected chi connectivity index (χ3v) is 9.75. The van der Waals surface area contributed by atoms with E-state index in [9.17, 15) is 24.6 Å². The molecule has 36 heavy (non-hydrogen) atoms. The number of hydrogen-bond donors (Lipinski definition) is 3. The Kier molecular flexibility index (Phi) is 8.05. The number of carbonyl (C=O) groups is 3. The van der Waals surface area contributed by atoms with Gasteiger partial charge in [0.05, 0.1) is 6.10 Å². The zero-order chi connectivity index (χ0) is 27.1. The molecule has 0 aliphatic heterocycles. The molecule has 8 atom stereocenters. The molecular formula is C28H41FO7. The third kappa shape index (κ3) is 3.91. The number of ketones is 2. The summed E-state index contributed by atoms with van der Waals surface area (Å²) in [5, 5.41) is 30.2. The summed E-state index contributed by atoms with van der Waals surface area (Å²) in [5.41, 5.74) is -5.34. The minimum atomic E-state index is -2.01. The Morgan fingerprint density at radius 3 is 2.53 bits per heavy atom. The van der Waals surface area contributed by atoms with E-state index < -0.39 is 58.4 Å². The van der Waals surface area contributed by atoms with Crippen LogP contribution in [0.15, 0.2) is 23.8 Å². The summed E-state index contributed by atoms with van der Waals surface area (Å²) in [5.74, 6) is -2.64. The molecule has 4 rings (SSSR count). The van der Waals surface area contributed by atoms with Crippen LogP contribution in [0.3, 0.4) is 0 Å². The molecule has 8 heteroatoms. The summed E-state index contributed by atoms with van der Waals surface area (Å²) in [6.07, 6.45) is 6.03. The van der Waals surface area contributed by atoms with Crippen molar-refractivity contribution >= 4 is 17.5 Å². The van der Waals surface area contributed by atoms with Crippen LogP contribution in [0.5, 0.6) is 0 Å². The molecule has 0 radical (unpaired) electrons. The van der Waals surface area contributed by atoms with Gasteiger partial charge in [0, 0.05) is 30.3 Å². The van der Waals surface area contributed by atoms with Gasteiger partial charge in [-0.25, -0.2) is 4.39 Å². The topological polar surface area (TPSA) is 121 Å².